The summed E-state index contributed by atoms with van der Waals surface area (Å²) in [6.07, 6.45) is 0. The molecule has 0 saturated carbocycles. The van der Waals surface area contributed by atoms with Gasteiger partial charge in [-0.25, -0.2) is 0 Å². The summed E-state index contributed by atoms with van der Waals surface area (Å²) in [5.41, 5.74) is 1.90. The topological polar surface area (TPSA) is 85.4 Å². The Morgan fingerprint density at radius 2 is 1.79 bits per heavy atom. The molecule has 3 aromatic rings. The molecule has 0 fully saturated rings. The Kier molecular flexibility index (Phi) is 6.41. The Morgan fingerprint density at radius 3 is 2.46 bits per heavy atom. The van der Waals surface area contributed by atoms with Crippen LogP contribution in [0.1, 0.15) is 23.0 Å². The number of rotatable bonds is 8. The summed E-state index contributed by atoms with van der Waals surface area (Å²) < 4.78 is 10.7. The van der Waals surface area contributed by atoms with E-state index in [4.69, 9.17) is 9.47 Å². The molecule has 1 aromatic heterocycles. The monoisotopic (exact) mass is 378 g/mol. The van der Waals surface area contributed by atoms with E-state index in [2.05, 4.69) is 20.8 Å². The highest BCUT2D eigenvalue weighted by atomic mass is 16.5. The SMILES string of the molecule is CCOc1ccccc1NC(=O)c1ccc(NCc2ccc(OC)cc2)nn1. The van der Waals surface area contributed by atoms with Gasteiger partial charge in [0.15, 0.2) is 5.69 Å². The average molecular weight is 378 g/mol. The zero-order chi connectivity index (χ0) is 19.8. The van der Waals surface area contributed by atoms with E-state index >= 15 is 0 Å². The zero-order valence-corrected chi connectivity index (χ0v) is 15.8. The van der Waals surface area contributed by atoms with E-state index in [0.717, 1.165) is 11.3 Å². The number of benzene rings is 2. The summed E-state index contributed by atoms with van der Waals surface area (Å²) in [7, 11) is 1.63. The third kappa shape index (κ3) is 4.97. The molecule has 0 bridgehead atoms. The van der Waals surface area contributed by atoms with E-state index < -0.39 is 0 Å². The number of nitrogens with one attached hydrogen (secondary N) is 2. The van der Waals surface area contributed by atoms with Gasteiger partial charge >= 0.3 is 0 Å². The fraction of sp³-hybridized carbons (Fsp3) is 0.190. The highest BCUT2D eigenvalue weighted by Gasteiger charge is 2.11. The van der Waals surface area contributed by atoms with Gasteiger partial charge in [-0.1, -0.05) is 24.3 Å². The van der Waals surface area contributed by atoms with Gasteiger partial charge < -0.3 is 20.1 Å². The largest absolute Gasteiger partial charge is 0.497 e. The second kappa shape index (κ2) is 9.36. The lowest BCUT2D eigenvalue weighted by molar-refractivity contribution is 0.102. The van der Waals surface area contributed by atoms with Gasteiger partial charge in [0.1, 0.15) is 17.3 Å². The van der Waals surface area contributed by atoms with Crippen LogP contribution in [-0.4, -0.2) is 29.8 Å². The predicted octanol–water partition coefficient (Wildman–Crippen LogP) is 3.75. The molecule has 0 unspecified atom stereocenters. The molecule has 0 atom stereocenters. The maximum atomic E-state index is 12.4. The molecule has 2 aromatic carbocycles. The minimum atomic E-state index is -0.346. The van der Waals surface area contributed by atoms with Crippen LogP contribution in [0.25, 0.3) is 0 Å². The molecule has 0 spiro atoms. The molecule has 0 aliphatic carbocycles. The van der Waals surface area contributed by atoms with Crippen molar-refractivity contribution in [2.24, 2.45) is 0 Å². The first-order valence-corrected chi connectivity index (χ1v) is 8.93. The maximum absolute atomic E-state index is 12.4. The normalized spacial score (nSPS) is 10.2. The standard InChI is InChI=1S/C21H22N4O3/c1-3-28-19-7-5-4-6-17(19)23-21(26)18-12-13-20(25-24-18)22-14-15-8-10-16(27-2)11-9-15/h4-13H,3,14H2,1-2H3,(H,22,25)(H,23,26). The number of methoxy groups -OCH3 is 1. The van der Waals surface area contributed by atoms with E-state index in [1.165, 1.54) is 0 Å². The fourth-order valence-electron chi connectivity index (χ4n) is 2.52. The van der Waals surface area contributed by atoms with Crippen molar-refractivity contribution in [1.82, 2.24) is 10.2 Å². The molecule has 0 aliphatic rings. The number of aromatic nitrogens is 2. The van der Waals surface area contributed by atoms with E-state index in [1.54, 1.807) is 31.4 Å². The van der Waals surface area contributed by atoms with Crippen molar-refractivity contribution in [2.75, 3.05) is 24.4 Å². The number of anilines is 2. The molecule has 0 radical (unpaired) electrons. The van der Waals surface area contributed by atoms with Gasteiger partial charge in [0.2, 0.25) is 0 Å². The first-order valence-electron chi connectivity index (χ1n) is 8.93. The number of ether oxygens (including phenoxy) is 2. The van der Waals surface area contributed by atoms with Gasteiger partial charge in [0.25, 0.3) is 5.91 Å². The van der Waals surface area contributed by atoms with Gasteiger partial charge in [0, 0.05) is 6.54 Å². The Hall–Kier alpha value is -3.61. The van der Waals surface area contributed by atoms with Gasteiger partial charge in [0.05, 0.1) is 19.4 Å². The third-order valence-corrected chi connectivity index (χ3v) is 3.96. The summed E-state index contributed by atoms with van der Waals surface area (Å²) in [4.78, 5) is 12.4. The number of hydrogen-bond donors (Lipinski definition) is 2. The third-order valence-electron chi connectivity index (χ3n) is 3.96. The van der Waals surface area contributed by atoms with Crippen molar-refractivity contribution in [3.8, 4) is 11.5 Å². The summed E-state index contributed by atoms with van der Waals surface area (Å²) >= 11 is 0. The lowest BCUT2D eigenvalue weighted by atomic mass is 10.2. The smallest absolute Gasteiger partial charge is 0.276 e. The number of amides is 1. The van der Waals surface area contributed by atoms with Crippen molar-refractivity contribution in [2.45, 2.75) is 13.5 Å². The molecule has 144 valence electrons. The quantitative estimate of drug-likeness (QED) is 0.621. The van der Waals surface area contributed by atoms with Crippen LogP contribution >= 0.6 is 0 Å². The number of carbonyl (C=O) groups is 1. The van der Waals surface area contributed by atoms with Crippen LogP contribution in [0.2, 0.25) is 0 Å². The molecule has 28 heavy (non-hydrogen) atoms. The zero-order valence-electron chi connectivity index (χ0n) is 15.8. The van der Waals surface area contributed by atoms with Crippen molar-refractivity contribution >= 4 is 17.4 Å². The Bertz CT molecular complexity index is 912. The number of carbonyl (C=O) groups excluding carboxylic acids is 1. The Balaban J connectivity index is 1.59. The van der Waals surface area contributed by atoms with Crippen LogP contribution in [0.15, 0.2) is 60.7 Å². The maximum Gasteiger partial charge on any atom is 0.276 e. The number of nitrogens with zero attached hydrogens (tertiary/aromatic N) is 2. The minimum absolute atomic E-state index is 0.223. The van der Waals surface area contributed by atoms with Crippen molar-refractivity contribution in [3.63, 3.8) is 0 Å². The first-order chi connectivity index (χ1) is 13.7. The van der Waals surface area contributed by atoms with Crippen molar-refractivity contribution in [1.29, 1.82) is 0 Å². The van der Waals surface area contributed by atoms with Crippen molar-refractivity contribution < 1.29 is 14.3 Å². The molecule has 1 amide bonds. The highest BCUT2D eigenvalue weighted by molar-refractivity contribution is 6.03. The van der Waals surface area contributed by atoms with Crippen LogP contribution in [0, 0.1) is 0 Å². The van der Waals surface area contributed by atoms with Crippen LogP contribution in [-0.2, 0) is 6.54 Å². The molecule has 7 nitrogen and oxygen atoms in total. The van der Waals surface area contributed by atoms with Gasteiger partial charge in [-0.05, 0) is 48.9 Å². The van der Waals surface area contributed by atoms with E-state index in [-0.39, 0.29) is 11.6 Å². The summed E-state index contributed by atoms with van der Waals surface area (Å²) in [5, 5.41) is 14.1. The first kappa shape index (κ1) is 19.2. The molecule has 3 rings (SSSR count). The van der Waals surface area contributed by atoms with Crippen LogP contribution in [0.5, 0.6) is 11.5 Å². The molecule has 7 heteroatoms. The van der Waals surface area contributed by atoms with E-state index in [9.17, 15) is 4.79 Å². The lowest BCUT2D eigenvalue weighted by Crippen LogP contribution is -2.15. The van der Waals surface area contributed by atoms with Crippen LogP contribution in [0.3, 0.4) is 0 Å². The Morgan fingerprint density at radius 1 is 1.00 bits per heavy atom. The minimum Gasteiger partial charge on any atom is -0.497 e. The predicted molar refractivity (Wildman–Crippen MR) is 108 cm³/mol. The molecule has 0 saturated heterocycles. The second-order valence-corrected chi connectivity index (χ2v) is 5.89. The molecule has 1 heterocycles. The summed E-state index contributed by atoms with van der Waals surface area (Å²) in [5.74, 6) is 1.66. The van der Waals surface area contributed by atoms with E-state index in [0.29, 0.717) is 30.4 Å². The van der Waals surface area contributed by atoms with E-state index in [1.807, 2.05) is 43.3 Å². The summed E-state index contributed by atoms with van der Waals surface area (Å²) in [6, 6.07) is 18.3. The van der Waals surface area contributed by atoms with Crippen molar-refractivity contribution in [3.05, 3.63) is 71.9 Å². The second-order valence-electron chi connectivity index (χ2n) is 5.89. The van der Waals surface area contributed by atoms with Gasteiger partial charge in [-0.15, -0.1) is 10.2 Å². The molecule has 0 aliphatic heterocycles. The number of hydrogen-bond acceptors (Lipinski definition) is 6. The molecular formula is C21H22N4O3. The highest BCUT2D eigenvalue weighted by Crippen LogP contribution is 2.24. The van der Waals surface area contributed by atoms with Crippen LogP contribution < -0.4 is 20.1 Å². The van der Waals surface area contributed by atoms with Gasteiger partial charge in [-0.2, -0.15) is 0 Å². The number of para-hydroxylation sites is 2. The lowest BCUT2D eigenvalue weighted by Gasteiger charge is -2.11. The molecular weight excluding hydrogens is 356 g/mol. The average Bonchev–Trinajstić information content (AvgIpc) is 2.74. The summed E-state index contributed by atoms with van der Waals surface area (Å²) in [6.45, 7) is 2.99. The fourth-order valence-corrected chi connectivity index (χ4v) is 2.52. The Labute approximate surface area is 163 Å². The van der Waals surface area contributed by atoms with Crippen LogP contribution in [0.4, 0.5) is 11.5 Å². The van der Waals surface area contributed by atoms with Gasteiger partial charge in [-0.3, -0.25) is 4.79 Å². The molecule has 2 N–H and O–H groups in total.